The number of halogens is 2. The molecule has 2 aromatic carbocycles. The fraction of sp³-hybridized carbons (Fsp3) is 0.350. The largest absolute Gasteiger partial charge is 0.495 e. The summed E-state index contributed by atoms with van der Waals surface area (Å²) in [6, 6.07) is 10.9. The highest BCUT2D eigenvalue weighted by molar-refractivity contribution is 6.43. The van der Waals surface area contributed by atoms with Crippen molar-refractivity contribution in [1.29, 1.82) is 0 Å². The van der Waals surface area contributed by atoms with Crippen molar-refractivity contribution >= 4 is 46.2 Å². The molecule has 2 aromatic rings. The second kappa shape index (κ2) is 9.37. The van der Waals surface area contributed by atoms with Crippen LogP contribution in [0, 0.1) is 0 Å². The number of nitrogens with two attached hydrogens (primary N) is 1. The highest BCUT2D eigenvalue weighted by atomic mass is 35.5. The number of rotatable bonds is 6. The van der Waals surface area contributed by atoms with Gasteiger partial charge in [0.2, 0.25) is 5.91 Å². The number of hydrogen-bond acceptors (Lipinski definition) is 5. The third kappa shape index (κ3) is 5.01. The first-order valence-electron chi connectivity index (χ1n) is 9.12. The number of anilines is 3. The van der Waals surface area contributed by atoms with Gasteiger partial charge in [0.05, 0.1) is 28.5 Å². The van der Waals surface area contributed by atoms with Gasteiger partial charge in [0.1, 0.15) is 5.75 Å². The lowest BCUT2D eigenvalue weighted by Crippen LogP contribution is -2.47. The molecule has 0 unspecified atom stereocenters. The summed E-state index contributed by atoms with van der Waals surface area (Å²) >= 11 is 12.4. The summed E-state index contributed by atoms with van der Waals surface area (Å²) in [5.41, 5.74) is 8.00. The molecule has 0 spiro atoms. The van der Waals surface area contributed by atoms with Crippen LogP contribution in [0.3, 0.4) is 0 Å². The Morgan fingerprint density at radius 2 is 1.93 bits per heavy atom. The second-order valence-electron chi connectivity index (χ2n) is 6.66. The Balaban J connectivity index is 1.45. The first-order chi connectivity index (χ1) is 13.5. The highest BCUT2D eigenvalue weighted by Crippen LogP contribution is 2.32. The summed E-state index contributed by atoms with van der Waals surface area (Å²) in [4.78, 5) is 16.7. The topological polar surface area (TPSA) is 70.8 Å². The summed E-state index contributed by atoms with van der Waals surface area (Å²) in [7, 11) is 1.56. The molecule has 8 heteroatoms. The molecule has 6 nitrogen and oxygen atoms in total. The number of carbonyl (C=O) groups excluding carboxylic acids is 1. The molecule has 1 aliphatic heterocycles. The molecule has 1 amide bonds. The smallest absolute Gasteiger partial charge is 0.225 e. The quantitative estimate of drug-likeness (QED) is 0.693. The van der Waals surface area contributed by atoms with Crippen LogP contribution in [0.25, 0.3) is 0 Å². The zero-order valence-electron chi connectivity index (χ0n) is 15.8. The molecule has 0 saturated carbocycles. The van der Waals surface area contributed by atoms with Gasteiger partial charge in [0.15, 0.2) is 0 Å². The molecule has 1 heterocycles. The molecular weight excluding hydrogens is 399 g/mol. The third-order valence-corrected chi connectivity index (χ3v) is 5.62. The first-order valence-corrected chi connectivity index (χ1v) is 9.88. The molecule has 0 aromatic heterocycles. The van der Waals surface area contributed by atoms with Gasteiger partial charge >= 0.3 is 0 Å². The molecule has 0 aliphatic carbocycles. The van der Waals surface area contributed by atoms with Crippen LogP contribution >= 0.6 is 23.2 Å². The summed E-state index contributed by atoms with van der Waals surface area (Å²) in [6.45, 7) is 4.12. The lowest BCUT2D eigenvalue weighted by Gasteiger charge is -2.36. The summed E-state index contributed by atoms with van der Waals surface area (Å²) < 4.78 is 5.12. The maximum absolute atomic E-state index is 12.2. The number of nitrogens with one attached hydrogen (secondary N) is 1. The van der Waals surface area contributed by atoms with E-state index in [1.54, 1.807) is 31.4 Å². The normalized spacial score (nSPS) is 14.8. The summed E-state index contributed by atoms with van der Waals surface area (Å²) in [6.07, 6.45) is 0.420. The summed E-state index contributed by atoms with van der Waals surface area (Å²) in [5, 5.41) is 4.04. The molecule has 1 saturated heterocycles. The van der Waals surface area contributed by atoms with Crippen molar-refractivity contribution in [1.82, 2.24) is 4.90 Å². The first kappa shape index (κ1) is 20.6. The molecule has 1 aliphatic rings. The Labute approximate surface area is 175 Å². The fourth-order valence-electron chi connectivity index (χ4n) is 3.24. The molecular formula is C20H24Cl2N4O2. The SMILES string of the molecule is COc1ccc(NC(=O)CCN2CCN(c3cccc(Cl)c3Cl)CC2)cc1N. The van der Waals surface area contributed by atoms with Gasteiger partial charge in [0, 0.05) is 44.8 Å². The average molecular weight is 423 g/mol. The van der Waals surface area contributed by atoms with E-state index < -0.39 is 0 Å². The van der Waals surface area contributed by atoms with Crippen molar-refractivity contribution in [2.24, 2.45) is 0 Å². The van der Waals surface area contributed by atoms with E-state index in [0.29, 0.717) is 40.1 Å². The average Bonchev–Trinajstić information content (AvgIpc) is 2.69. The van der Waals surface area contributed by atoms with E-state index in [1.165, 1.54) is 0 Å². The van der Waals surface area contributed by atoms with Gasteiger partial charge in [-0.1, -0.05) is 29.3 Å². The monoisotopic (exact) mass is 422 g/mol. The standard InChI is InChI=1S/C20H24Cl2N4O2/c1-28-18-6-5-14(13-16(18)23)24-19(27)7-8-25-9-11-26(12-10-25)17-4-2-3-15(21)20(17)22/h2-6,13H,7-12,23H2,1H3,(H,24,27). The zero-order valence-corrected chi connectivity index (χ0v) is 17.3. The number of piperazine rings is 1. The van der Waals surface area contributed by atoms with Gasteiger partial charge in [-0.25, -0.2) is 0 Å². The maximum Gasteiger partial charge on any atom is 0.225 e. The number of hydrogen-bond donors (Lipinski definition) is 2. The van der Waals surface area contributed by atoms with Crippen LogP contribution in [0.1, 0.15) is 6.42 Å². The Hall–Kier alpha value is -2.15. The molecule has 0 atom stereocenters. The Bertz CT molecular complexity index is 839. The van der Waals surface area contributed by atoms with Crippen LogP contribution in [-0.4, -0.2) is 50.6 Å². The van der Waals surface area contributed by atoms with Crippen molar-refractivity contribution in [3.8, 4) is 5.75 Å². The minimum Gasteiger partial charge on any atom is -0.495 e. The van der Waals surface area contributed by atoms with E-state index in [2.05, 4.69) is 15.1 Å². The van der Waals surface area contributed by atoms with Gasteiger partial charge in [-0.2, -0.15) is 0 Å². The van der Waals surface area contributed by atoms with Gasteiger partial charge in [-0.3, -0.25) is 9.69 Å². The van der Waals surface area contributed by atoms with E-state index >= 15 is 0 Å². The van der Waals surface area contributed by atoms with Crippen molar-refractivity contribution in [3.05, 3.63) is 46.4 Å². The van der Waals surface area contributed by atoms with Crippen molar-refractivity contribution in [3.63, 3.8) is 0 Å². The van der Waals surface area contributed by atoms with Crippen LogP contribution in [0.5, 0.6) is 5.75 Å². The van der Waals surface area contributed by atoms with E-state index in [0.717, 1.165) is 31.9 Å². The highest BCUT2D eigenvalue weighted by Gasteiger charge is 2.20. The molecule has 28 heavy (non-hydrogen) atoms. The van der Waals surface area contributed by atoms with E-state index in [9.17, 15) is 4.79 Å². The maximum atomic E-state index is 12.2. The Morgan fingerprint density at radius 1 is 1.18 bits per heavy atom. The van der Waals surface area contributed by atoms with Crippen molar-refractivity contribution in [2.75, 3.05) is 55.8 Å². The second-order valence-corrected chi connectivity index (χ2v) is 7.44. The number of carbonyl (C=O) groups is 1. The van der Waals surface area contributed by atoms with Crippen LogP contribution < -0.4 is 20.7 Å². The number of benzene rings is 2. The molecule has 3 N–H and O–H groups in total. The minimum absolute atomic E-state index is 0.0371. The molecule has 3 rings (SSSR count). The molecule has 150 valence electrons. The third-order valence-electron chi connectivity index (χ3n) is 4.81. The lowest BCUT2D eigenvalue weighted by molar-refractivity contribution is -0.116. The number of amides is 1. The molecule has 1 fully saturated rings. The van der Waals surface area contributed by atoms with E-state index in [-0.39, 0.29) is 5.91 Å². The Kier molecular flexibility index (Phi) is 6.88. The van der Waals surface area contributed by atoms with Crippen LogP contribution in [-0.2, 0) is 4.79 Å². The van der Waals surface area contributed by atoms with Gasteiger partial charge < -0.3 is 20.7 Å². The van der Waals surface area contributed by atoms with Crippen LogP contribution in [0.15, 0.2) is 36.4 Å². The summed E-state index contributed by atoms with van der Waals surface area (Å²) in [5.74, 6) is 0.556. The van der Waals surface area contributed by atoms with Gasteiger partial charge in [-0.15, -0.1) is 0 Å². The minimum atomic E-state index is -0.0371. The number of nitrogens with zero attached hydrogens (tertiary/aromatic N) is 2. The predicted octanol–water partition coefficient (Wildman–Crippen LogP) is 3.74. The predicted molar refractivity (Wildman–Crippen MR) is 116 cm³/mol. The fourth-order valence-corrected chi connectivity index (χ4v) is 3.66. The van der Waals surface area contributed by atoms with Crippen molar-refractivity contribution in [2.45, 2.75) is 6.42 Å². The van der Waals surface area contributed by atoms with Crippen LogP contribution in [0.4, 0.5) is 17.1 Å². The molecule has 0 radical (unpaired) electrons. The van der Waals surface area contributed by atoms with E-state index in [1.807, 2.05) is 12.1 Å². The zero-order chi connectivity index (χ0) is 20.1. The number of ether oxygens (including phenoxy) is 1. The number of methoxy groups -OCH3 is 1. The van der Waals surface area contributed by atoms with Crippen molar-refractivity contribution < 1.29 is 9.53 Å². The Morgan fingerprint density at radius 3 is 2.61 bits per heavy atom. The van der Waals surface area contributed by atoms with Gasteiger partial charge in [0.25, 0.3) is 0 Å². The molecule has 0 bridgehead atoms. The van der Waals surface area contributed by atoms with Crippen LogP contribution in [0.2, 0.25) is 10.0 Å². The lowest BCUT2D eigenvalue weighted by atomic mass is 10.2. The van der Waals surface area contributed by atoms with E-state index in [4.69, 9.17) is 33.7 Å². The van der Waals surface area contributed by atoms with Gasteiger partial charge in [-0.05, 0) is 30.3 Å². The number of nitrogen functional groups attached to an aromatic ring is 1.